The number of anilines is 1. The van der Waals surface area contributed by atoms with E-state index in [9.17, 15) is 9.65 Å². The van der Waals surface area contributed by atoms with E-state index in [1.807, 2.05) is 23.9 Å². The molecular formula is C17H16FN5. The van der Waals surface area contributed by atoms with Crippen LogP contribution >= 0.6 is 0 Å². The zero-order valence-corrected chi connectivity index (χ0v) is 12.8. The normalized spacial score (nSPS) is 10.7. The maximum Gasteiger partial charge on any atom is 0.124 e. The van der Waals surface area contributed by atoms with Gasteiger partial charge in [0.2, 0.25) is 0 Å². The highest BCUT2D eigenvalue weighted by atomic mass is 19.1. The SMILES string of the molecule is Cc1cc(F)cc2c(NCCCn3cccn3)c(C#N)cnc12. The molecule has 0 amide bonds. The summed E-state index contributed by atoms with van der Waals surface area (Å²) in [4.78, 5) is 4.28. The van der Waals surface area contributed by atoms with E-state index in [1.54, 1.807) is 6.20 Å². The summed E-state index contributed by atoms with van der Waals surface area (Å²) in [6, 6.07) is 6.86. The van der Waals surface area contributed by atoms with Crippen LogP contribution in [0.4, 0.5) is 10.1 Å². The summed E-state index contributed by atoms with van der Waals surface area (Å²) in [5, 5.41) is 17.3. The number of nitrogens with zero attached hydrogens (tertiary/aromatic N) is 4. The first-order chi connectivity index (χ1) is 11.2. The molecule has 5 nitrogen and oxygen atoms in total. The number of nitrogens with one attached hydrogen (secondary N) is 1. The molecule has 0 saturated carbocycles. The van der Waals surface area contributed by atoms with E-state index in [2.05, 4.69) is 21.5 Å². The number of halogens is 1. The van der Waals surface area contributed by atoms with Gasteiger partial charge < -0.3 is 5.32 Å². The molecule has 0 radical (unpaired) electrons. The number of hydrogen-bond acceptors (Lipinski definition) is 4. The summed E-state index contributed by atoms with van der Waals surface area (Å²) >= 11 is 0. The Kier molecular flexibility index (Phi) is 4.20. The van der Waals surface area contributed by atoms with Crippen LogP contribution in [-0.4, -0.2) is 21.3 Å². The topological polar surface area (TPSA) is 66.5 Å². The molecule has 0 bridgehead atoms. The van der Waals surface area contributed by atoms with Gasteiger partial charge in [0, 0.05) is 37.1 Å². The number of pyridine rings is 1. The Labute approximate surface area is 133 Å². The fraction of sp³-hybridized carbons (Fsp3) is 0.235. The molecule has 0 aliphatic heterocycles. The standard InChI is InChI=1S/C17H16FN5/c1-12-8-14(18)9-15-16(12)21-11-13(10-19)17(15)20-4-2-6-23-7-3-5-22-23/h3,5,7-9,11H,2,4,6H2,1H3,(H,20,21). The van der Waals surface area contributed by atoms with Crippen molar-refractivity contribution in [1.29, 1.82) is 5.26 Å². The smallest absolute Gasteiger partial charge is 0.124 e. The highest BCUT2D eigenvalue weighted by Gasteiger charge is 2.11. The first-order valence-corrected chi connectivity index (χ1v) is 7.39. The van der Waals surface area contributed by atoms with Crippen molar-refractivity contribution in [2.45, 2.75) is 19.9 Å². The van der Waals surface area contributed by atoms with Gasteiger partial charge in [-0.25, -0.2) is 4.39 Å². The lowest BCUT2D eigenvalue weighted by Crippen LogP contribution is -2.09. The predicted octanol–water partition coefficient (Wildman–Crippen LogP) is 3.25. The Bertz CT molecular complexity index is 865. The van der Waals surface area contributed by atoms with Crippen molar-refractivity contribution < 1.29 is 4.39 Å². The molecule has 0 spiro atoms. The van der Waals surface area contributed by atoms with Gasteiger partial charge in [0.25, 0.3) is 0 Å². The summed E-state index contributed by atoms with van der Waals surface area (Å²) in [7, 11) is 0. The molecule has 3 rings (SSSR count). The summed E-state index contributed by atoms with van der Waals surface area (Å²) < 4.78 is 15.6. The zero-order valence-electron chi connectivity index (χ0n) is 12.8. The first kappa shape index (κ1) is 15.0. The summed E-state index contributed by atoms with van der Waals surface area (Å²) in [6.07, 6.45) is 6.01. The van der Waals surface area contributed by atoms with Crippen LogP contribution in [-0.2, 0) is 6.54 Å². The second-order valence-electron chi connectivity index (χ2n) is 5.33. The highest BCUT2D eigenvalue weighted by Crippen LogP contribution is 2.28. The highest BCUT2D eigenvalue weighted by molar-refractivity contribution is 5.95. The Morgan fingerprint density at radius 1 is 1.39 bits per heavy atom. The third kappa shape index (κ3) is 3.14. The molecule has 0 aliphatic carbocycles. The molecule has 116 valence electrons. The van der Waals surface area contributed by atoms with Gasteiger partial charge >= 0.3 is 0 Å². The molecule has 2 heterocycles. The average molecular weight is 309 g/mol. The van der Waals surface area contributed by atoms with E-state index in [-0.39, 0.29) is 5.82 Å². The largest absolute Gasteiger partial charge is 0.383 e. The maximum absolute atomic E-state index is 13.7. The molecule has 0 saturated heterocycles. The van der Waals surface area contributed by atoms with E-state index in [0.717, 1.165) is 18.5 Å². The maximum atomic E-state index is 13.7. The van der Waals surface area contributed by atoms with E-state index in [0.29, 0.717) is 28.7 Å². The van der Waals surface area contributed by atoms with Gasteiger partial charge in [0.05, 0.1) is 16.8 Å². The van der Waals surface area contributed by atoms with Gasteiger partial charge in [0.1, 0.15) is 11.9 Å². The number of nitriles is 1. The molecule has 1 N–H and O–H groups in total. The predicted molar refractivity (Wildman–Crippen MR) is 86.5 cm³/mol. The van der Waals surface area contributed by atoms with Crippen LogP contribution in [0.5, 0.6) is 0 Å². The summed E-state index contributed by atoms with van der Waals surface area (Å²) in [6.45, 7) is 3.24. The molecule has 0 unspecified atom stereocenters. The molecule has 6 heteroatoms. The lowest BCUT2D eigenvalue weighted by Gasteiger charge is -2.12. The van der Waals surface area contributed by atoms with Gasteiger partial charge in [0.15, 0.2) is 0 Å². The van der Waals surface area contributed by atoms with Gasteiger partial charge in [-0.2, -0.15) is 10.4 Å². The van der Waals surface area contributed by atoms with Crippen LogP contribution in [0.3, 0.4) is 0 Å². The lowest BCUT2D eigenvalue weighted by molar-refractivity contribution is 0.592. The van der Waals surface area contributed by atoms with E-state index < -0.39 is 0 Å². The quantitative estimate of drug-likeness (QED) is 0.735. The zero-order chi connectivity index (χ0) is 16.2. The molecule has 0 atom stereocenters. The van der Waals surface area contributed by atoms with Crippen LogP contribution in [0, 0.1) is 24.1 Å². The van der Waals surface area contributed by atoms with Crippen molar-refractivity contribution in [1.82, 2.24) is 14.8 Å². The third-order valence-electron chi connectivity index (χ3n) is 3.67. The van der Waals surface area contributed by atoms with Crippen molar-refractivity contribution in [2.24, 2.45) is 0 Å². The number of aromatic nitrogens is 3. The Hall–Kier alpha value is -2.94. The summed E-state index contributed by atoms with van der Waals surface area (Å²) in [5.74, 6) is -0.327. The molecule has 3 aromatic rings. The van der Waals surface area contributed by atoms with Gasteiger partial charge in [-0.15, -0.1) is 0 Å². The number of hydrogen-bond donors (Lipinski definition) is 1. The molecule has 23 heavy (non-hydrogen) atoms. The Morgan fingerprint density at radius 3 is 3.00 bits per heavy atom. The van der Waals surface area contributed by atoms with Crippen LogP contribution in [0.1, 0.15) is 17.5 Å². The minimum Gasteiger partial charge on any atom is -0.383 e. The van der Waals surface area contributed by atoms with Gasteiger partial charge in [-0.3, -0.25) is 9.67 Å². The van der Waals surface area contributed by atoms with Gasteiger partial charge in [-0.1, -0.05) is 0 Å². The van der Waals surface area contributed by atoms with E-state index >= 15 is 0 Å². The second kappa shape index (κ2) is 6.44. The van der Waals surface area contributed by atoms with Crippen LogP contribution in [0.2, 0.25) is 0 Å². The average Bonchev–Trinajstić information content (AvgIpc) is 3.04. The fourth-order valence-corrected chi connectivity index (χ4v) is 2.60. The lowest BCUT2D eigenvalue weighted by atomic mass is 10.1. The summed E-state index contributed by atoms with van der Waals surface area (Å²) in [5.41, 5.74) is 2.52. The fourth-order valence-electron chi connectivity index (χ4n) is 2.60. The number of aryl methyl sites for hydroxylation is 2. The molecule has 0 aliphatic rings. The van der Waals surface area contributed by atoms with Crippen molar-refractivity contribution in [3.63, 3.8) is 0 Å². The van der Waals surface area contributed by atoms with Gasteiger partial charge in [-0.05, 0) is 37.1 Å². The van der Waals surface area contributed by atoms with Crippen LogP contribution < -0.4 is 5.32 Å². The van der Waals surface area contributed by atoms with Crippen molar-refractivity contribution in [2.75, 3.05) is 11.9 Å². The first-order valence-electron chi connectivity index (χ1n) is 7.39. The minimum absolute atomic E-state index is 0.327. The monoisotopic (exact) mass is 309 g/mol. The van der Waals surface area contributed by atoms with Crippen LogP contribution in [0.15, 0.2) is 36.8 Å². The number of rotatable bonds is 5. The minimum atomic E-state index is -0.327. The van der Waals surface area contributed by atoms with Crippen molar-refractivity contribution in [3.05, 3.63) is 53.7 Å². The molecule has 1 aromatic carbocycles. The molecule has 2 aromatic heterocycles. The molecule has 0 fully saturated rings. The Morgan fingerprint density at radius 2 is 2.26 bits per heavy atom. The number of fused-ring (bicyclic) bond motifs is 1. The van der Waals surface area contributed by atoms with Crippen LogP contribution in [0.25, 0.3) is 10.9 Å². The second-order valence-corrected chi connectivity index (χ2v) is 5.33. The number of benzene rings is 1. The van der Waals surface area contributed by atoms with Crippen molar-refractivity contribution in [3.8, 4) is 6.07 Å². The molecular weight excluding hydrogens is 293 g/mol. The van der Waals surface area contributed by atoms with Crippen molar-refractivity contribution >= 4 is 16.6 Å². The van der Waals surface area contributed by atoms with E-state index in [4.69, 9.17) is 0 Å². The third-order valence-corrected chi connectivity index (χ3v) is 3.67. The Balaban J connectivity index is 1.84. The van der Waals surface area contributed by atoms with E-state index in [1.165, 1.54) is 18.3 Å².